The van der Waals surface area contributed by atoms with Gasteiger partial charge in [-0.1, -0.05) is 24.3 Å². The summed E-state index contributed by atoms with van der Waals surface area (Å²) in [5.74, 6) is 0.331. The summed E-state index contributed by atoms with van der Waals surface area (Å²) in [4.78, 5) is 12.2. The lowest BCUT2D eigenvalue weighted by molar-refractivity contribution is 0.254. The summed E-state index contributed by atoms with van der Waals surface area (Å²) in [5, 5.41) is 10.9. The molecule has 0 radical (unpaired) electrons. The predicted molar refractivity (Wildman–Crippen MR) is 102 cm³/mol. The van der Waals surface area contributed by atoms with E-state index in [9.17, 15) is 18.4 Å². The summed E-state index contributed by atoms with van der Waals surface area (Å²) >= 11 is 0.799. The van der Waals surface area contributed by atoms with E-state index in [0.717, 1.165) is 23.0 Å². The zero-order chi connectivity index (χ0) is 18.4. The van der Waals surface area contributed by atoms with E-state index in [0.29, 0.717) is 17.6 Å². The fourth-order valence-corrected chi connectivity index (χ4v) is 4.54. The topological polar surface area (TPSA) is 99.1 Å². The van der Waals surface area contributed by atoms with Crippen LogP contribution in [0.2, 0.25) is 0 Å². The molecule has 0 amide bonds. The van der Waals surface area contributed by atoms with Gasteiger partial charge in [0, 0.05) is 58.9 Å². The molecule has 0 heterocycles. The van der Waals surface area contributed by atoms with Crippen molar-refractivity contribution in [2.75, 3.05) is 31.4 Å². The Morgan fingerprint density at radius 3 is 2.52 bits per heavy atom. The maximum Gasteiger partial charge on any atom is 0.241 e. The van der Waals surface area contributed by atoms with Crippen molar-refractivity contribution >= 4 is 38.4 Å². The summed E-state index contributed by atoms with van der Waals surface area (Å²) < 4.78 is 30.8. The van der Waals surface area contributed by atoms with Gasteiger partial charge in [-0.3, -0.25) is 0 Å². The quantitative estimate of drug-likeness (QED) is 0.392. The number of aliphatic hydroxyl groups is 1. The lowest BCUT2D eigenvalue weighted by atomic mass is 10.1. The molecule has 0 saturated heterocycles. The van der Waals surface area contributed by atoms with Crippen LogP contribution in [-0.4, -0.2) is 46.0 Å². The van der Waals surface area contributed by atoms with E-state index in [2.05, 4.69) is 9.30 Å². The molecule has 136 valence electrons. The lowest BCUT2D eigenvalue weighted by Gasteiger charge is -2.19. The first-order chi connectivity index (χ1) is 11.9. The summed E-state index contributed by atoms with van der Waals surface area (Å²) in [5.41, 5.74) is 0.918. The van der Waals surface area contributed by atoms with Crippen LogP contribution < -0.4 is 9.62 Å². The first kappa shape index (κ1) is 19.6. The van der Waals surface area contributed by atoms with E-state index < -0.39 is 16.1 Å². The fraction of sp³-hybridized carbons (Fsp3) is 0.375. The van der Waals surface area contributed by atoms with Gasteiger partial charge in [0.25, 0.3) is 0 Å². The highest BCUT2D eigenvalue weighted by molar-refractivity contribution is 7.97. The molecule has 0 spiro atoms. The van der Waals surface area contributed by atoms with Gasteiger partial charge in [-0.2, -0.15) is 0 Å². The number of nitroso groups, excluding NO2 is 1. The molecule has 2 aromatic carbocycles. The largest absolute Gasteiger partial charge is 0.395 e. The monoisotopic (exact) mass is 383 g/mol. The Labute approximate surface area is 151 Å². The highest BCUT2D eigenvalue weighted by Gasteiger charge is 2.22. The second-order valence-corrected chi connectivity index (χ2v) is 8.22. The minimum atomic E-state index is -3.82. The van der Waals surface area contributed by atoms with Crippen molar-refractivity contribution in [1.82, 2.24) is 4.72 Å². The predicted octanol–water partition coefficient (Wildman–Crippen LogP) is 2.35. The average Bonchev–Trinajstić information content (AvgIpc) is 2.59. The number of anilines is 1. The zero-order valence-corrected chi connectivity index (χ0v) is 15.7. The van der Waals surface area contributed by atoms with Crippen LogP contribution in [0, 0.1) is 4.91 Å². The number of rotatable bonds is 9. The van der Waals surface area contributed by atoms with Crippen LogP contribution in [-0.2, 0) is 10.0 Å². The van der Waals surface area contributed by atoms with Crippen LogP contribution in [0.25, 0.3) is 10.8 Å². The van der Waals surface area contributed by atoms with Crippen LogP contribution >= 0.6 is 11.9 Å². The van der Waals surface area contributed by atoms with E-state index in [-0.39, 0.29) is 11.5 Å². The molecule has 2 N–H and O–H groups in total. The SMILES string of the molecule is CN(C)c1cccc2c(S(=O)(=O)NC(CO)CCSN=O)cccc12. The Kier molecular flexibility index (Phi) is 6.77. The van der Waals surface area contributed by atoms with Crippen molar-refractivity contribution in [1.29, 1.82) is 0 Å². The number of nitrogens with one attached hydrogen (secondary N) is 1. The third-order valence-electron chi connectivity index (χ3n) is 3.78. The summed E-state index contributed by atoms with van der Waals surface area (Å²) in [6.45, 7) is -0.355. The highest BCUT2D eigenvalue weighted by atomic mass is 32.2. The molecule has 0 saturated carbocycles. The molecule has 2 rings (SSSR count). The number of sulfonamides is 1. The minimum Gasteiger partial charge on any atom is -0.395 e. The third-order valence-corrected chi connectivity index (χ3v) is 5.89. The van der Waals surface area contributed by atoms with Crippen LogP contribution in [0.3, 0.4) is 0 Å². The zero-order valence-electron chi connectivity index (χ0n) is 14.0. The van der Waals surface area contributed by atoms with Crippen molar-refractivity contribution in [3.05, 3.63) is 41.3 Å². The Morgan fingerprint density at radius 2 is 1.88 bits per heavy atom. The van der Waals surface area contributed by atoms with Gasteiger partial charge in [0.2, 0.25) is 10.0 Å². The molecule has 0 bridgehead atoms. The molecule has 1 unspecified atom stereocenters. The number of hydrogen-bond acceptors (Lipinski definition) is 7. The summed E-state index contributed by atoms with van der Waals surface area (Å²) in [6.07, 6.45) is 0.305. The number of nitrogens with zero attached hydrogens (tertiary/aromatic N) is 2. The van der Waals surface area contributed by atoms with Gasteiger partial charge in [0.1, 0.15) is 0 Å². The number of aliphatic hydroxyl groups excluding tert-OH is 1. The lowest BCUT2D eigenvalue weighted by Crippen LogP contribution is -2.37. The normalized spacial score (nSPS) is 12.9. The van der Waals surface area contributed by atoms with Crippen LogP contribution in [0.4, 0.5) is 5.69 Å². The molecule has 0 aromatic heterocycles. The number of hydrogen-bond donors (Lipinski definition) is 2. The smallest absolute Gasteiger partial charge is 0.241 e. The van der Waals surface area contributed by atoms with E-state index in [1.54, 1.807) is 18.2 Å². The van der Waals surface area contributed by atoms with Crippen molar-refractivity contribution in [2.24, 2.45) is 4.58 Å². The Morgan fingerprint density at radius 1 is 1.20 bits per heavy atom. The first-order valence-electron chi connectivity index (χ1n) is 7.67. The second-order valence-electron chi connectivity index (χ2n) is 5.72. The van der Waals surface area contributed by atoms with Crippen molar-refractivity contribution in [2.45, 2.75) is 17.4 Å². The molecular formula is C16H21N3O4S2. The highest BCUT2D eigenvalue weighted by Crippen LogP contribution is 2.30. The molecule has 9 heteroatoms. The van der Waals surface area contributed by atoms with Gasteiger partial charge in [-0.05, 0) is 18.6 Å². The fourth-order valence-electron chi connectivity index (χ4n) is 2.59. The van der Waals surface area contributed by atoms with Gasteiger partial charge in [0.05, 0.1) is 11.5 Å². The average molecular weight is 383 g/mol. The standard InChI is InChI=1S/C16H21N3O4S2/c1-19(2)15-7-3-6-14-13(15)5-4-8-16(14)25(22,23)17-12(11-20)9-10-24-18-21/h3-8,12,17,20H,9-11H2,1-2H3. The molecular weight excluding hydrogens is 362 g/mol. The molecule has 0 aliphatic rings. The van der Waals surface area contributed by atoms with E-state index in [4.69, 9.17) is 0 Å². The minimum absolute atomic E-state index is 0.160. The molecule has 1 atom stereocenters. The Hall–Kier alpha value is -1.68. The van der Waals surface area contributed by atoms with Gasteiger partial charge in [0.15, 0.2) is 0 Å². The molecule has 2 aromatic rings. The van der Waals surface area contributed by atoms with Crippen LogP contribution in [0.5, 0.6) is 0 Å². The van der Waals surface area contributed by atoms with E-state index in [1.165, 1.54) is 0 Å². The molecule has 0 fully saturated rings. The van der Waals surface area contributed by atoms with Gasteiger partial charge in [-0.25, -0.2) is 13.1 Å². The first-order valence-corrected chi connectivity index (χ1v) is 10.1. The summed E-state index contributed by atoms with van der Waals surface area (Å²) in [6, 6.07) is 9.94. The van der Waals surface area contributed by atoms with Crippen LogP contribution in [0.15, 0.2) is 45.9 Å². The van der Waals surface area contributed by atoms with Crippen LogP contribution in [0.1, 0.15) is 6.42 Å². The molecule has 25 heavy (non-hydrogen) atoms. The maximum atomic E-state index is 12.8. The Balaban J connectivity index is 2.39. The molecule has 0 aliphatic carbocycles. The van der Waals surface area contributed by atoms with Crippen molar-refractivity contribution < 1.29 is 13.5 Å². The molecule has 0 aliphatic heterocycles. The van der Waals surface area contributed by atoms with E-state index in [1.807, 2.05) is 37.2 Å². The third kappa shape index (κ3) is 4.69. The van der Waals surface area contributed by atoms with Gasteiger partial charge in [-0.15, -0.1) is 4.91 Å². The number of fused-ring (bicyclic) bond motifs is 1. The van der Waals surface area contributed by atoms with E-state index >= 15 is 0 Å². The number of benzene rings is 2. The maximum absolute atomic E-state index is 12.8. The van der Waals surface area contributed by atoms with Gasteiger partial charge < -0.3 is 10.0 Å². The van der Waals surface area contributed by atoms with Crippen molar-refractivity contribution in [3.63, 3.8) is 0 Å². The van der Waals surface area contributed by atoms with Crippen molar-refractivity contribution in [3.8, 4) is 0 Å². The second kappa shape index (κ2) is 8.61. The summed E-state index contributed by atoms with van der Waals surface area (Å²) in [7, 11) is -0.0292. The van der Waals surface area contributed by atoms with Gasteiger partial charge >= 0.3 is 0 Å². The molecule has 7 nitrogen and oxygen atoms in total. The Bertz CT molecular complexity index is 840.